The number of nitriles is 1. The number of fused-ring (bicyclic) bond motifs is 1. The number of anilines is 1. The van der Waals surface area contributed by atoms with Gasteiger partial charge in [-0.3, -0.25) is 19.7 Å². The van der Waals surface area contributed by atoms with E-state index in [2.05, 4.69) is 38.1 Å². The predicted molar refractivity (Wildman–Crippen MR) is 105 cm³/mol. The highest BCUT2D eigenvalue weighted by Crippen LogP contribution is 2.30. The molecule has 1 N–H and O–H groups in total. The number of carbonyl (C=O) groups excluding carboxylic acids is 1. The Morgan fingerprint density at radius 2 is 2.00 bits per heavy atom. The lowest BCUT2D eigenvalue weighted by atomic mass is 10.1. The molecule has 0 aliphatic carbocycles. The molecular formula is C20H24N6O2. The quantitative estimate of drug-likeness (QED) is 0.837. The van der Waals surface area contributed by atoms with Gasteiger partial charge in [-0.15, -0.1) is 0 Å². The van der Waals surface area contributed by atoms with Gasteiger partial charge in [-0.05, 0) is 18.1 Å². The third-order valence-electron chi connectivity index (χ3n) is 5.49. The Hall–Kier alpha value is -2.76. The lowest BCUT2D eigenvalue weighted by Crippen LogP contribution is -2.47. The summed E-state index contributed by atoms with van der Waals surface area (Å²) in [7, 11) is 0. The van der Waals surface area contributed by atoms with Gasteiger partial charge in [0, 0.05) is 38.6 Å². The summed E-state index contributed by atoms with van der Waals surface area (Å²) in [6.45, 7) is 7.08. The number of amides is 1. The molecule has 2 unspecified atom stereocenters. The van der Waals surface area contributed by atoms with E-state index in [1.807, 2.05) is 6.07 Å². The topological polar surface area (TPSA) is 94.4 Å². The Morgan fingerprint density at radius 3 is 2.75 bits per heavy atom. The lowest BCUT2D eigenvalue weighted by molar-refractivity contribution is -0.124. The molecule has 2 aliphatic heterocycles. The molecule has 0 saturated carbocycles. The SMILES string of the molecule is CC1CN(c2ccc(C#N)c3nccnc23)CC1NC(=O)CN1CCOCC1. The maximum absolute atomic E-state index is 12.5. The first-order valence-electron chi connectivity index (χ1n) is 9.64. The van der Waals surface area contributed by atoms with Crippen molar-refractivity contribution in [3.63, 3.8) is 0 Å². The van der Waals surface area contributed by atoms with Crippen LogP contribution in [0.1, 0.15) is 12.5 Å². The third kappa shape index (κ3) is 3.77. The van der Waals surface area contributed by atoms with Crippen molar-refractivity contribution >= 4 is 22.6 Å². The summed E-state index contributed by atoms with van der Waals surface area (Å²) in [4.78, 5) is 25.6. The minimum Gasteiger partial charge on any atom is -0.379 e. The molecule has 3 heterocycles. The zero-order chi connectivity index (χ0) is 19.5. The van der Waals surface area contributed by atoms with Crippen LogP contribution >= 0.6 is 0 Å². The Labute approximate surface area is 164 Å². The van der Waals surface area contributed by atoms with Gasteiger partial charge in [0.2, 0.25) is 5.91 Å². The number of rotatable bonds is 4. The molecule has 8 heteroatoms. The summed E-state index contributed by atoms with van der Waals surface area (Å²) >= 11 is 0. The molecule has 0 radical (unpaired) electrons. The van der Waals surface area contributed by atoms with Crippen LogP contribution in [0.2, 0.25) is 0 Å². The van der Waals surface area contributed by atoms with Crippen molar-refractivity contribution in [1.82, 2.24) is 20.2 Å². The number of carbonyl (C=O) groups is 1. The van der Waals surface area contributed by atoms with Crippen molar-refractivity contribution in [2.24, 2.45) is 5.92 Å². The molecule has 2 aromatic rings. The van der Waals surface area contributed by atoms with Crippen LogP contribution in [0, 0.1) is 17.2 Å². The number of ether oxygens (including phenoxy) is 1. The average Bonchev–Trinajstić information content (AvgIpc) is 3.07. The first kappa shape index (κ1) is 18.6. The standard InChI is InChI=1S/C20H24N6O2/c1-14-11-26(12-16(14)24-18(27)13-25-6-8-28-9-7-25)17-3-2-15(10-21)19-20(17)23-5-4-22-19/h2-5,14,16H,6-9,11-13H2,1H3,(H,24,27). The Bertz CT molecular complexity index is 905. The van der Waals surface area contributed by atoms with Gasteiger partial charge in [0.1, 0.15) is 17.1 Å². The summed E-state index contributed by atoms with van der Waals surface area (Å²) in [5, 5.41) is 12.5. The molecule has 4 rings (SSSR count). The van der Waals surface area contributed by atoms with Crippen molar-refractivity contribution < 1.29 is 9.53 Å². The fourth-order valence-corrected chi connectivity index (χ4v) is 3.95. The van der Waals surface area contributed by atoms with Gasteiger partial charge in [-0.25, -0.2) is 0 Å². The lowest BCUT2D eigenvalue weighted by Gasteiger charge is -2.27. The molecule has 1 amide bonds. The fraction of sp³-hybridized carbons (Fsp3) is 0.500. The molecule has 28 heavy (non-hydrogen) atoms. The van der Waals surface area contributed by atoms with Gasteiger partial charge in [-0.1, -0.05) is 6.92 Å². The third-order valence-corrected chi connectivity index (χ3v) is 5.49. The summed E-state index contributed by atoms with van der Waals surface area (Å²) in [5.41, 5.74) is 2.83. The van der Waals surface area contributed by atoms with E-state index in [0.29, 0.717) is 43.3 Å². The van der Waals surface area contributed by atoms with Gasteiger partial charge >= 0.3 is 0 Å². The Balaban J connectivity index is 1.46. The Morgan fingerprint density at radius 1 is 1.25 bits per heavy atom. The van der Waals surface area contributed by atoms with E-state index in [4.69, 9.17) is 4.74 Å². The highest BCUT2D eigenvalue weighted by Gasteiger charge is 2.32. The molecule has 146 valence electrons. The van der Waals surface area contributed by atoms with E-state index in [1.54, 1.807) is 18.5 Å². The maximum atomic E-state index is 12.5. The average molecular weight is 380 g/mol. The maximum Gasteiger partial charge on any atom is 0.234 e. The minimum atomic E-state index is 0.0603. The second-order valence-corrected chi connectivity index (χ2v) is 7.44. The fourth-order valence-electron chi connectivity index (χ4n) is 3.95. The molecular weight excluding hydrogens is 356 g/mol. The van der Waals surface area contributed by atoms with Crippen LogP contribution in [0.25, 0.3) is 11.0 Å². The van der Waals surface area contributed by atoms with Crippen LogP contribution in [-0.2, 0) is 9.53 Å². The monoisotopic (exact) mass is 380 g/mol. The first-order chi connectivity index (χ1) is 13.7. The molecule has 1 aromatic heterocycles. The zero-order valence-corrected chi connectivity index (χ0v) is 16.0. The van der Waals surface area contributed by atoms with E-state index >= 15 is 0 Å². The smallest absolute Gasteiger partial charge is 0.234 e. The van der Waals surface area contributed by atoms with Crippen molar-refractivity contribution in [2.75, 3.05) is 50.8 Å². The van der Waals surface area contributed by atoms with Crippen LogP contribution in [0.15, 0.2) is 24.5 Å². The second-order valence-electron chi connectivity index (χ2n) is 7.44. The van der Waals surface area contributed by atoms with E-state index in [0.717, 1.165) is 30.8 Å². The highest BCUT2D eigenvalue weighted by molar-refractivity contribution is 5.92. The number of benzene rings is 1. The normalized spacial score (nSPS) is 22.9. The second kappa shape index (κ2) is 8.09. The predicted octanol–water partition coefficient (Wildman–Crippen LogP) is 0.775. The molecule has 8 nitrogen and oxygen atoms in total. The van der Waals surface area contributed by atoms with E-state index < -0.39 is 0 Å². The molecule has 2 atom stereocenters. The minimum absolute atomic E-state index is 0.0603. The number of aromatic nitrogens is 2. The number of hydrogen-bond acceptors (Lipinski definition) is 7. The summed E-state index contributed by atoms with van der Waals surface area (Å²) in [6.07, 6.45) is 3.25. The van der Waals surface area contributed by atoms with Crippen molar-refractivity contribution in [3.8, 4) is 6.07 Å². The van der Waals surface area contributed by atoms with Crippen LogP contribution in [-0.4, -0.2) is 72.8 Å². The molecule has 0 bridgehead atoms. The van der Waals surface area contributed by atoms with Crippen LogP contribution < -0.4 is 10.2 Å². The molecule has 2 aliphatic rings. The summed E-state index contributed by atoms with van der Waals surface area (Å²) in [6, 6.07) is 5.98. The van der Waals surface area contributed by atoms with Crippen LogP contribution in [0.4, 0.5) is 5.69 Å². The zero-order valence-electron chi connectivity index (χ0n) is 16.0. The number of nitrogens with zero attached hydrogens (tertiary/aromatic N) is 5. The largest absolute Gasteiger partial charge is 0.379 e. The Kier molecular flexibility index (Phi) is 5.37. The number of hydrogen-bond donors (Lipinski definition) is 1. The van der Waals surface area contributed by atoms with Crippen molar-refractivity contribution in [2.45, 2.75) is 13.0 Å². The summed E-state index contributed by atoms with van der Waals surface area (Å²) < 4.78 is 5.34. The van der Waals surface area contributed by atoms with E-state index in [9.17, 15) is 10.1 Å². The molecule has 2 saturated heterocycles. The number of morpholine rings is 1. The van der Waals surface area contributed by atoms with Gasteiger partial charge < -0.3 is 15.0 Å². The highest BCUT2D eigenvalue weighted by atomic mass is 16.5. The van der Waals surface area contributed by atoms with E-state index in [1.165, 1.54) is 0 Å². The van der Waals surface area contributed by atoms with E-state index in [-0.39, 0.29) is 11.9 Å². The van der Waals surface area contributed by atoms with Crippen molar-refractivity contribution in [3.05, 3.63) is 30.1 Å². The van der Waals surface area contributed by atoms with Gasteiger partial charge in [0.15, 0.2) is 0 Å². The van der Waals surface area contributed by atoms with Crippen molar-refractivity contribution in [1.29, 1.82) is 5.26 Å². The van der Waals surface area contributed by atoms with Crippen LogP contribution in [0.3, 0.4) is 0 Å². The molecule has 1 aromatic carbocycles. The number of nitrogens with one attached hydrogen (secondary N) is 1. The molecule has 2 fully saturated rings. The molecule has 0 spiro atoms. The van der Waals surface area contributed by atoms with Gasteiger partial charge in [0.05, 0.1) is 37.1 Å². The summed E-state index contributed by atoms with van der Waals surface area (Å²) in [5.74, 6) is 0.376. The van der Waals surface area contributed by atoms with Gasteiger partial charge in [-0.2, -0.15) is 5.26 Å². The van der Waals surface area contributed by atoms with Gasteiger partial charge in [0.25, 0.3) is 0 Å². The van der Waals surface area contributed by atoms with Crippen LogP contribution in [0.5, 0.6) is 0 Å². The first-order valence-corrected chi connectivity index (χ1v) is 9.64.